The zero-order valence-electron chi connectivity index (χ0n) is 18.3. The van der Waals surface area contributed by atoms with Crippen LogP contribution in [0.3, 0.4) is 0 Å². The zero-order chi connectivity index (χ0) is 22.7. The van der Waals surface area contributed by atoms with Crippen LogP contribution in [0.4, 0.5) is 5.69 Å². The van der Waals surface area contributed by atoms with Gasteiger partial charge < -0.3 is 10.6 Å². The fourth-order valence-electron chi connectivity index (χ4n) is 4.24. The van der Waals surface area contributed by atoms with Crippen molar-refractivity contribution in [3.8, 4) is 0 Å². The standard InChI is InChI=1S/C23H27ClN6O2/c1-3-30-22-19(13-27-30)21(28-17-6-8-18(29-32)9-7-17)20(12-25-22)23(31)26-11-15-4-5-16(24)10-14(15)2/h4-5,10,12-13,17-18H,3,6-9,11H2,1-2H3,(H,25,28)(H,26,31). The summed E-state index contributed by atoms with van der Waals surface area (Å²) in [6.45, 7) is 5.05. The summed E-state index contributed by atoms with van der Waals surface area (Å²) in [5.74, 6) is -0.205. The lowest BCUT2D eigenvalue weighted by Crippen LogP contribution is -2.30. The van der Waals surface area contributed by atoms with E-state index in [1.807, 2.05) is 36.7 Å². The lowest BCUT2D eigenvalue weighted by atomic mass is 9.91. The largest absolute Gasteiger partial charge is 0.381 e. The van der Waals surface area contributed by atoms with Crippen LogP contribution in [0.5, 0.6) is 0 Å². The van der Waals surface area contributed by atoms with Gasteiger partial charge in [-0.05, 0) is 62.8 Å². The SMILES string of the molecule is CCn1ncc2c(NC3CCC(N=O)CC3)c(C(=O)NCc3ccc(Cl)cc3C)cnc21. The Morgan fingerprint density at radius 3 is 2.72 bits per heavy atom. The molecular formula is C23H27ClN6O2. The molecule has 1 aliphatic rings. The van der Waals surface area contributed by atoms with E-state index in [0.717, 1.165) is 53.5 Å². The van der Waals surface area contributed by atoms with E-state index < -0.39 is 0 Å². The Morgan fingerprint density at radius 1 is 1.25 bits per heavy atom. The molecule has 8 nitrogen and oxygen atoms in total. The molecular weight excluding hydrogens is 428 g/mol. The van der Waals surface area contributed by atoms with Crippen LogP contribution >= 0.6 is 11.6 Å². The maximum Gasteiger partial charge on any atom is 0.255 e. The average Bonchev–Trinajstić information content (AvgIpc) is 3.22. The molecule has 1 saturated carbocycles. The first-order valence-corrected chi connectivity index (χ1v) is 11.3. The fraction of sp³-hybridized carbons (Fsp3) is 0.435. The molecule has 0 atom stereocenters. The van der Waals surface area contributed by atoms with Crippen LogP contribution in [0.25, 0.3) is 11.0 Å². The van der Waals surface area contributed by atoms with E-state index in [9.17, 15) is 9.70 Å². The molecule has 2 heterocycles. The number of benzene rings is 1. The molecule has 32 heavy (non-hydrogen) atoms. The van der Waals surface area contributed by atoms with Gasteiger partial charge in [0.15, 0.2) is 5.65 Å². The first-order chi connectivity index (χ1) is 15.5. The number of nitrogens with zero attached hydrogens (tertiary/aromatic N) is 4. The van der Waals surface area contributed by atoms with Crippen molar-refractivity contribution in [2.75, 3.05) is 5.32 Å². The molecule has 0 saturated heterocycles. The first kappa shape index (κ1) is 22.2. The number of aryl methyl sites for hydroxylation is 2. The summed E-state index contributed by atoms with van der Waals surface area (Å²) in [5.41, 5.74) is 3.99. The quantitative estimate of drug-likeness (QED) is 0.498. The summed E-state index contributed by atoms with van der Waals surface area (Å²) in [5, 5.41) is 15.7. The van der Waals surface area contributed by atoms with Crippen LogP contribution in [-0.4, -0.2) is 32.8 Å². The Labute approximate surface area is 191 Å². The maximum absolute atomic E-state index is 13.2. The van der Waals surface area contributed by atoms with E-state index in [1.165, 1.54) is 0 Å². The number of carbonyl (C=O) groups excluding carboxylic acids is 1. The highest BCUT2D eigenvalue weighted by Crippen LogP contribution is 2.30. The van der Waals surface area contributed by atoms with Gasteiger partial charge in [-0.25, -0.2) is 9.67 Å². The predicted molar refractivity (Wildman–Crippen MR) is 126 cm³/mol. The van der Waals surface area contributed by atoms with Gasteiger partial charge in [0.25, 0.3) is 5.91 Å². The third-order valence-corrected chi connectivity index (χ3v) is 6.38. The third kappa shape index (κ3) is 4.60. The minimum absolute atomic E-state index is 0.112. The van der Waals surface area contributed by atoms with Gasteiger partial charge in [-0.2, -0.15) is 10.0 Å². The Kier molecular flexibility index (Phi) is 6.69. The molecule has 0 radical (unpaired) electrons. The van der Waals surface area contributed by atoms with Crippen molar-refractivity contribution in [2.45, 2.75) is 64.7 Å². The number of aromatic nitrogens is 3. The van der Waals surface area contributed by atoms with Gasteiger partial charge >= 0.3 is 0 Å². The van der Waals surface area contributed by atoms with Crippen molar-refractivity contribution >= 4 is 34.2 Å². The third-order valence-electron chi connectivity index (χ3n) is 6.15. The number of nitroso groups, excluding NO2 is 1. The van der Waals surface area contributed by atoms with Crippen LogP contribution in [-0.2, 0) is 13.1 Å². The molecule has 0 spiro atoms. The minimum Gasteiger partial charge on any atom is -0.381 e. The number of carbonyl (C=O) groups is 1. The molecule has 9 heteroatoms. The van der Waals surface area contributed by atoms with Crippen molar-refractivity contribution in [1.29, 1.82) is 0 Å². The summed E-state index contributed by atoms with van der Waals surface area (Å²) in [6, 6.07) is 5.67. The number of rotatable bonds is 7. The number of amides is 1. The van der Waals surface area contributed by atoms with Gasteiger partial charge in [0.05, 0.1) is 28.9 Å². The Bertz CT molecular complexity index is 1140. The molecule has 3 aromatic rings. The zero-order valence-corrected chi connectivity index (χ0v) is 19.0. The molecule has 0 aliphatic heterocycles. The number of hydrogen-bond donors (Lipinski definition) is 2. The van der Waals surface area contributed by atoms with Gasteiger partial charge in [0.1, 0.15) is 0 Å². The number of nitrogens with one attached hydrogen (secondary N) is 2. The predicted octanol–water partition coefficient (Wildman–Crippen LogP) is 4.83. The molecule has 4 rings (SSSR count). The number of fused-ring (bicyclic) bond motifs is 1. The average molecular weight is 455 g/mol. The fourth-order valence-corrected chi connectivity index (χ4v) is 4.47. The summed E-state index contributed by atoms with van der Waals surface area (Å²) >= 11 is 6.04. The van der Waals surface area contributed by atoms with Gasteiger partial charge in [0.2, 0.25) is 0 Å². The van der Waals surface area contributed by atoms with E-state index in [0.29, 0.717) is 23.7 Å². The van der Waals surface area contributed by atoms with Crippen molar-refractivity contribution in [3.05, 3.63) is 57.2 Å². The molecule has 1 aliphatic carbocycles. The topological polar surface area (TPSA) is 101 Å². The van der Waals surface area contributed by atoms with Gasteiger partial charge in [0, 0.05) is 30.4 Å². The Hall–Kier alpha value is -3.00. The van der Waals surface area contributed by atoms with Crippen LogP contribution in [0.15, 0.2) is 35.8 Å². The summed E-state index contributed by atoms with van der Waals surface area (Å²) in [6.07, 6.45) is 6.52. The highest BCUT2D eigenvalue weighted by molar-refractivity contribution is 6.30. The Morgan fingerprint density at radius 2 is 2.03 bits per heavy atom. The molecule has 2 aromatic heterocycles. The molecule has 168 valence electrons. The van der Waals surface area contributed by atoms with Crippen molar-refractivity contribution in [1.82, 2.24) is 20.1 Å². The molecule has 1 fully saturated rings. The lowest BCUT2D eigenvalue weighted by Gasteiger charge is -2.27. The van der Waals surface area contributed by atoms with Crippen molar-refractivity contribution in [2.24, 2.45) is 5.18 Å². The number of anilines is 1. The molecule has 2 N–H and O–H groups in total. The molecule has 1 amide bonds. The van der Waals surface area contributed by atoms with E-state index >= 15 is 0 Å². The second-order valence-corrected chi connectivity index (χ2v) is 8.69. The Balaban J connectivity index is 1.60. The van der Waals surface area contributed by atoms with Gasteiger partial charge in [-0.1, -0.05) is 22.8 Å². The summed E-state index contributed by atoms with van der Waals surface area (Å²) < 4.78 is 1.81. The van der Waals surface area contributed by atoms with E-state index in [2.05, 4.69) is 25.9 Å². The molecule has 0 unspecified atom stereocenters. The smallest absolute Gasteiger partial charge is 0.255 e. The molecule has 0 bridgehead atoms. The number of hydrogen-bond acceptors (Lipinski definition) is 6. The summed E-state index contributed by atoms with van der Waals surface area (Å²) in [4.78, 5) is 28.6. The van der Waals surface area contributed by atoms with Crippen LogP contribution in [0.1, 0.15) is 54.1 Å². The van der Waals surface area contributed by atoms with Crippen LogP contribution < -0.4 is 10.6 Å². The number of halogens is 1. The van der Waals surface area contributed by atoms with E-state index in [4.69, 9.17) is 11.6 Å². The van der Waals surface area contributed by atoms with Crippen LogP contribution in [0.2, 0.25) is 5.02 Å². The number of pyridine rings is 1. The second kappa shape index (κ2) is 9.65. The highest BCUT2D eigenvalue weighted by atomic mass is 35.5. The highest BCUT2D eigenvalue weighted by Gasteiger charge is 2.25. The van der Waals surface area contributed by atoms with E-state index in [1.54, 1.807) is 12.4 Å². The normalized spacial score (nSPS) is 18.5. The lowest BCUT2D eigenvalue weighted by molar-refractivity contribution is 0.0951. The van der Waals surface area contributed by atoms with Crippen molar-refractivity contribution < 1.29 is 4.79 Å². The maximum atomic E-state index is 13.2. The summed E-state index contributed by atoms with van der Waals surface area (Å²) in [7, 11) is 0. The van der Waals surface area contributed by atoms with Gasteiger partial charge in [-0.3, -0.25) is 4.79 Å². The first-order valence-electron chi connectivity index (χ1n) is 11.0. The van der Waals surface area contributed by atoms with Crippen LogP contribution in [0, 0.1) is 11.8 Å². The minimum atomic E-state index is -0.205. The molecule has 1 aromatic carbocycles. The van der Waals surface area contributed by atoms with Gasteiger partial charge in [-0.15, -0.1) is 0 Å². The van der Waals surface area contributed by atoms with E-state index in [-0.39, 0.29) is 18.0 Å². The monoisotopic (exact) mass is 454 g/mol. The second-order valence-electron chi connectivity index (χ2n) is 8.25. The van der Waals surface area contributed by atoms with Crippen molar-refractivity contribution in [3.63, 3.8) is 0 Å².